The number of halogens is 1. The monoisotopic (exact) mass is 893 g/mol. The van der Waals surface area contributed by atoms with Gasteiger partial charge in [0.2, 0.25) is 27.8 Å². The summed E-state index contributed by atoms with van der Waals surface area (Å²) in [5.41, 5.74) is 4.94. The van der Waals surface area contributed by atoms with E-state index in [0.29, 0.717) is 46.9 Å². The number of nitrogens with one attached hydrogen (secondary N) is 2. The summed E-state index contributed by atoms with van der Waals surface area (Å²) >= 11 is 1.43. The minimum absolute atomic E-state index is 0.0214. The van der Waals surface area contributed by atoms with Crippen molar-refractivity contribution < 1.29 is 22.4 Å². The van der Waals surface area contributed by atoms with Crippen molar-refractivity contribution in [1.29, 1.82) is 0 Å². The fourth-order valence-electron chi connectivity index (χ4n) is 9.13. The highest BCUT2D eigenvalue weighted by Gasteiger charge is 2.32. The standard InChI is InChI=1S/C47H56FN9O4S2/c1-5-39(63(49,60)61)36-7-6-8-37(41(36)48)42-43(62-45(55-42)47(2,3)4)38-15-20-51-46(53-38)52-33-11-9-30(10-12-33)31-18-21-56(22-19-31)28-29-16-23-57(24-17-29)34-25-32(26-50-27-34)35-13-14-40(58)54-44(35)59/h6-12,15,20,25-27,29,31,35,39H,5,13-14,16-19,21-24,28H2,1-4H3,(H2,49,60,61)(H,51,52,53)(H,54,58,59). The highest BCUT2D eigenvalue weighted by atomic mass is 32.2. The van der Waals surface area contributed by atoms with E-state index in [2.05, 4.69) is 60.7 Å². The van der Waals surface area contributed by atoms with Crippen molar-refractivity contribution in [3.8, 4) is 21.8 Å². The number of carbonyl (C=O) groups is 2. The van der Waals surface area contributed by atoms with Crippen molar-refractivity contribution in [3.63, 3.8) is 0 Å². The molecule has 3 aliphatic heterocycles. The second kappa shape index (κ2) is 18.5. The Hall–Kier alpha value is -5.16. The van der Waals surface area contributed by atoms with Gasteiger partial charge in [0.25, 0.3) is 0 Å². The first kappa shape index (κ1) is 44.4. The van der Waals surface area contributed by atoms with Crippen LogP contribution in [0.15, 0.2) is 73.2 Å². The fraction of sp³-hybridized carbons (Fsp3) is 0.447. The van der Waals surface area contributed by atoms with E-state index in [0.717, 1.165) is 80.4 Å². The van der Waals surface area contributed by atoms with Gasteiger partial charge in [0.1, 0.15) is 11.1 Å². The summed E-state index contributed by atoms with van der Waals surface area (Å²) in [6.45, 7) is 13.0. The third kappa shape index (κ3) is 10.1. The summed E-state index contributed by atoms with van der Waals surface area (Å²) in [6.07, 6.45) is 10.8. The number of benzene rings is 2. The van der Waals surface area contributed by atoms with Gasteiger partial charge in [-0.15, -0.1) is 11.3 Å². The molecule has 2 unspecified atom stereocenters. The Bertz CT molecular complexity index is 2560. The Labute approximate surface area is 373 Å². The zero-order valence-electron chi connectivity index (χ0n) is 36.3. The molecular formula is C47H56FN9O4S2. The molecule has 63 heavy (non-hydrogen) atoms. The zero-order valence-corrected chi connectivity index (χ0v) is 37.9. The first-order valence-electron chi connectivity index (χ1n) is 21.9. The number of pyridine rings is 1. The number of aromatic nitrogens is 4. The van der Waals surface area contributed by atoms with Crippen LogP contribution in [0.5, 0.6) is 0 Å². The van der Waals surface area contributed by atoms with E-state index in [9.17, 15) is 18.0 Å². The maximum atomic E-state index is 16.3. The minimum atomic E-state index is -4.04. The molecule has 2 amide bonds. The van der Waals surface area contributed by atoms with E-state index in [1.54, 1.807) is 37.5 Å². The van der Waals surface area contributed by atoms with Crippen molar-refractivity contribution in [3.05, 3.63) is 101 Å². The number of amides is 2. The Morgan fingerprint density at radius 2 is 1.70 bits per heavy atom. The number of anilines is 3. The van der Waals surface area contributed by atoms with Crippen LogP contribution >= 0.6 is 11.3 Å². The van der Waals surface area contributed by atoms with E-state index in [1.165, 1.54) is 23.0 Å². The molecule has 6 heterocycles. The Kier molecular flexibility index (Phi) is 13.1. The molecule has 5 aromatic rings. The predicted molar refractivity (Wildman–Crippen MR) is 246 cm³/mol. The van der Waals surface area contributed by atoms with Crippen molar-refractivity contribution >= 4 is 50.5 Å². The molecular weight excluding hydrogens is 838 g/mol. The van der Waals surface area contributed by atoms with Crippen LogP contribution in [0.3, 0.4) is 0 Å². The maximum Gasteiger partial charge on any atom is 0.234 e. The molecule has 2 atom stereocenters. The van der Waals surface area contributed by atoms with Gasteiger partial charge in [-0.2, -0.15) is 0 Å². The van der Waals surface area contributed by atoms with Gasteiger partial charge in [-0.05, 0) is 105 Å². The molecule has 3 aromatic heterocycles. The van der Waals surface area contributed by atoms with E-state index in [1.807, 2.05) is 27.0 Å². The first-order valence-corrected chi connectivity index (χ1v) is 24.3. The number of rotatable bonds is 12. The molecule has 0 aliphatic carbocycles. The summed E-state index contributed by atoms with van der Waals surface area (Å²) in [5, 5.41) is 10.9. The molecule has 16 heteroatoms. The molecule has 0 saturated carbocycles. The SMILES string of the molecule is CCC(c1cccc(-c2nc(C(C)(C)C)sc2-c2ccnc(Nc3ccc(C4CCN(CC5CCN(c6cncc(C7CCC(=O)NC7=O)c6)CC5)CC4)cc3)n2)c1F)S(N)(=O)=O. The van der Waals surface area contributed by atoms with Gasteiger partial charge in [0.15, 0.2) is 0 Å². The van der Waals surface area contributed by atoms with E-state index < -0.39 is 21.1 Å². The summed E-state index contributed by atoms with van der Waals surface area (Å²) in [6, 6.07) is 17.1. The first-order chi connectivity index (χ1) is 30.1. The molecule has 2 aromatic carbocycles. The highest BCUT2D eigenvalue weighted by molar-refractivity contribution is 7.89. The number of nitrogens with two attached hydrogens (primary N) is 1. The number of sulfonamides is 1. The number of thiazole rings is 1. The van der Waals surface area contributed by atoms with Crippen LogP contribution in [0.1, 0.15) is 111 Å². The Morgan fingerprint density at radius 3 is 2.38 bits per heavy atom. The molecule has 332 valence electrons. The van der Waals surface area contributed by atoms with E-state index in [4.69, 9.17) is 15.1 Å². The number of piperidine rings is 3. The van der Waals surface area contributed by atoms with Gasteiger partial charge in [0, 0.05) is 60.7 Å². The number of primary sulfonamides is 1. The maximum absolute atomic E-state index is 16.3. The zero-order chi connectivity index (χ0) is 44.5. The van der Waals surface area contributed by atoms with Gasteiger partial charge >= 0.3 is 0 Å². The summed E-state index contributed by atoms with van der Waals surface area (Å²) in [4.78, 5) is 48.4. The van der Waals surface area contributed by atoms with Gasteiger partial charge < -0.3 is 15.1 Å². The van der Waals surface area contributed by atoms with Crippen LogP contribution in [0.2, 0.25) is 0 Å². The Morgan fingerprint density at radius 1 is 0.952 bits per heavy atom. The number of hydrogen-bond acceptors (Lipinski definition) is 12. The van der Waals surface area contributed by atoms with Crippen LogP contribution in [0, 0.1) is 11.7 Å². The molecule has 0 radical (unpaired) electrons. The number of nitrogens with zero attached hydrogens (tertiary/aromatic N) is 6. The lowest BCUT2D eigenvalue weighted by Crippen LogP contribution is -2.41. The summed E-state index contributed by atoms with van der Waals surface area (Å²) in [5.74, 6) is 0.0958. The molecule has 0 bridgehead atoms. The van der Waals surface area contributed by atoms with Gasteiger partial charge in [-0.3, -0.25) is 19.9 Å². The molecule has 0 spiro atoms. The molecule has 3 fully saturated rings. The topological polar surface area (TPSA) is 176 Å². The Balaban J connectivity index is 0.870. The van der Waals surface area contributed by atoms with Gasteiger partial charge in [-0.1, -0.05) is 52.0 Å². The summed E-state index contributed by atoms with van der Waals surface area (Å²) in [7, 11) is -4.04. The van der Waals surface area contributed by atoms with Gasteiger partial charge in [-0.25, -0.2) is 32.9 Å². The normalized spacial score (nSPS) is 19.0. The third-order valence-corrected chi connectivity index (χ3v) is 15.5. The molecule has 3 aliphatic rings. The van der Waals surface area contributed by atoms with Crippen molar-refractivity contribution in [2.45, 2.75) is 95.1 Å². The van der Waals surface area contributed by atoms with Crippen LogP contribution < -0.4 is 20.7 Å². The second-order valence-electron chi connectivity index (χ2n) is 18.1. The van der Waals surface area contributed by atoms with Gasteiger partial charge in [0.05, 0.1) is 39.1 Å². The second-order valence-corrected chi connectivity index (χ2v) is 20.9. The molecule has 3 saturated heterocycles. The largest absolute Gasteiger partial charge is 0.370 e. The van der Waals surface area contributed by atoms with Crippen LogP contribution in [0.25, 0.3) is 21.8 Å². The molecule has 4 N–H and O–H groups in total. The van der Waals surface area contributed by atoms with Crippen LogP contribution in [-0.2, 0) is 25.0 Å². The fourth-order valence-corrected chi connectivity index (χ4v) is 11.2. The third-order valence-electron chi connectivity index (χ3n) is 12.7. The molecule has 13 nitrogen and oxygen atoms in total. The van der Waals surface area contributed by atoms with Crippen molar-refractivity contribution in [1.82, 2.24) is 30.2 Å². The smallest absolute Gasteiger partial charge is 0.234 e. The number of carbonyl (C=O) groups excluding carboxylic acids is 2. The number of imide groups is 1. The highest BCUT2D eigenvalue weighted by Crippen LogP contribution is 2.43. The van der Waals surface area contributed by atoms with Crippen LogP contribution in [-0.4, -0.2) is 77.8 Å². The lowest BCUT2D eigenvalue weighted by molar-refractivity contribution is -0.134. The quantitative estimate of drug-likeness (QED) is 0.103. The van der Waals surface area contributed by atoms with Crippen molar-refractivity contribution in [2.75, 3.05) is 42.9 Å². The lowest BCUT2D eigenvalue weighted by Gasteiger charge is -2.38. The van der Waals surface area contributed by atoms with Crippen molar-refractivity contribution in [2.24, 2.45) is 11.1 Å². The summed E-state index contributed by atoms with van der Waals surface area (Å²) < 4.78 is 41.1. The van der Waals surface area contributed by atoms with Crippen LogP contribution in [0.4, 0.5) is 21.7 Å². The number of likely N-dealkylation sites (tertiary alicyclic amines) is 1. The average Bonchev–Trinajstić information content (AvgIpc) is 3.72. The average molecular weight is 894 g/mol. The lowest BCUT2D eigenvalue weighted by atomic mass is 9.88. The number of hydrogen-bond donors (Lipinski definition) is 3. The van der Waals surface area contributed by atoms with E-state index >= 15 is 4.39 Å². The predicted octanol–water partition coefficient (Wildman–Crippen LogP) is 8.20. The minimum Gasteiger partial charge on any atom is -0.370 e. The van der Waals surface area contributed by atoms with E-state index in [-0.39, 0.29) is 40.7 Å². The molecule has 8 rings (SSSR count).